The summed E-state index contributed by atoms with van der Waals surface area (Å²) in [7, 11) is 0. The van der Waals surface area contributed by atoms with Crippen LogP contribution >= 0.6 is 0 Å². The van der Waals surface area contributed by atoms with Gasteiger partial charge in [-0.05, 0) is 32.6 Å². The Morgan fingerprint density at radius 1 is 1.38 bits per heavy atom. The van der Waals surface area contributed by atoms with Crippen LogP contribution in [0.2, 0.25) is 0 Å². The molecule has 132 valence electrons. The van der Waals surface area contributed by atoms with Crippen molar-refractivity contribution in [1.82, 2.24) is 15.1 Å². The van der Waals surface area contributed by atoms with Gasteiger partial charge in [0.1, 0.15) is 12.0 Å². The topological polar surface area (TPSA) is 107 Å². The number of rotatable bonds is 12. The number of aldehydes is 1. The van der Waals surface area contributed by atoms with Gasteiger partial charge in [0, 0.05) is 18.9 Å². The van der Waals surface area contributed by atoms with E-state index in [-0.39, 0.29) is 23.9 Å². The van der Waals surface area contributed by atoms with Crippen molar-refractivity contribution in [2.24, 2.45) is 0 Å². The number of aromatic nitrogens is 2. The van der Waals surface area contributed by atoms with Crippen LogP contribution in [0.15, 0.2) is 17.1 Å². The zero-order valence-electron chi connectivity index (χ0n) is 13.8. The van der Waals surface area contributed by atoms with Crippen molar-refractivity contribution in [2.75, 3.05) is 6.61 Å². The SMILES string of the molecule is CC(CCC(=O)NC=O)n1ncc(OCCCCCC=O)cc1=O. The molecule has 0 bridgehead atoms. The first kappa shape index (κ1) is 19.5. The van der Waals surface area contributed by atoms with Crippen LogP contribution in [-0.2, 0) is 14.4 Å². The molecule has 1 rings (SSSR count). The maximum Gasteiger partial charge on any atom is 0.270 e. The maximum atomic E-state index is 12.1. The van der Waals surface area contributed by atoms with Crippen LogP contribution in [0.3, 0.4) is 0 Å². The summed E-state index contributed by atoms with van der Waals surface area (Å²) in [4.78, 5) is 43.6. The Bertz CT molecular complexity index is 600. The lowest BCUT2D eigenvalue weighted by atomic mass is 10.2. The molecule has 1 atom stereocenters. The van der Waals surface area contributed by atoms with Gasteiger partial charge in [0.2, 0.25) is 12.3 Å². The third-order valence-corrected chi connectivity index (χ3v) is 3.46. The van der Waals surface area contributed by atoms with E-state index in [2.05, 4.69) is 10.4 Å². The van der Waals surface area contributed by atoms with Crippen LogP contribution < -0.4 is 15.6 Å². The van der Waals surface area contributed by atoms with Crippen molar-refractivity contribution in [3.05, 3.63) is 22.6 Å². The molecule has 0 radical (unpaired) electrons. The molecule has 1 heterocycles. The van der Waals surface area contributed by atoms with E-state index < -0.39 is 0 Å². The van der Waals surface area contributed by atoms with Crippen LogP contribution in [0.25, 0.3) is 0 Å². The Labute approximate surface area is 140 Å². The van der Waals surface area contributed by atoms with E-state index in [9.17, 15) is 19.2 Å². The minimum absolute atomic E-state index is 0.132. The van der Waals surface area contributed by atoms with Crippen molar-refractivity contribution >= 4 is 18.6 Å². The second-order valence-electron chi connectivity index (χ2n) is 5.41. The quantitative estimate of drug-likeness (QED) is 0.450. The molecule has 1 unspecified atom stereocenters. The summed E-state index contributed by atoms with van der Waals surface area (Å²) in [5.41, 5.74) is -0.309. The molecular weight excluding hydrogens is 314 g/mol. The highest BCUT2D eigenvalue weighted by atomic mass is 16.5. The minimum atomic E-state index is -0.389. The predicted molar refractivity (Wildman–Crippen MR) is 86.7 cm³/mol. The van der Waals surface area contributed by atoms with Crippen LogP contribution in [0.1, 0.15) is 51.5 Å². The first-order valence-electron chi connectivity index (χ1n) is 7.96. The zero-order chi connectivity index (χ0) is 17.8. The van der Waals surface area contributed by atoms with Crippen molar-refractivity contribution in [3.8, 4) is 5.75 Å². The van der Waals surface area contributed by atoms with Crippen LogP contribution in [0.5, 0.6) is 5.75 Å². The molecule has 1 aromatic heterocycles. The molecule has 8 nitrogen and oxygen atoms in total. The number of amides is 2. The lowest BCUT2D eigenvalue weighted by molar-refractivity contribution is -0.125. The smallest absolute Gasteiger partial charge is 0.270 e. The number of unbranched alkanes of at least 4 members (excludes halogenated alkanes) is 3. The summed E-state index contributed by atoms with van der Waals surface area (Å²) in [5, 5.41) is 6.11. The van der Waals surface area contributed by atoms with E-state index in [0.29, 0.717) is 31.6 Å². The standard InChI is InChI=1S/C16H23N3O5/c1-13(6-7-15(22)17-12-21)19-16(23)10-14(11-18-19)24-9-5-3-2-4-8-20/h8,10-13H,2-7,9H2,1H3,(H,17,21,22). The van der Waals surface area contributed by atoms with Gasteiger partial charge in [-0.15, -0.1) is 0 Å². The van der Waals surface area contributed by atoms with Crippen LogP contribution in [0, 0.1) is 0 Å². The molecule has 0 aliphatic heterocycles. The van der Waals surface area contributed by atoms with Crippen LogP contribution in [0.4, 0.5) is 0 Å². The van der Waals surface area contributed by atoms with Crippen LogP contribution in [-0.4, -0.2) is 35.0 Å². The maximum absolute atomic E-state index is 12.1. The van der Waals surface area contributed by atoms with E-state index in [4.69, 9.17) is 4.74 Å². The van der Waals surface area contributed by atoms with Gasteiger partial charge in [-0.2, -0.15) is 5.10 Å². The van der Waals surface area contributed by atoms with E-state index in [1.165, 1.54) is 16.9 Å². The van der Waals surface area contributed by atoms with Gasteiger partial charge in [-0.1, -0.05) is 0 Å². The Morgan fingerprint density at radius 3 is 2.83 bits per heavy atom. The predicted octanol–water partition coefficient (Wildman–Crippen LogP) is 0.995. The summed E-state index contributed by atoms with van der Waals surface area (Å²) < 4.78 is 6.75. The average Bonchev–Trinajstić information content (AvgIpc) is 2.56. The number of nitrogens with zero attached hydrogens (tertiary/aromatic N) is 2. The minimum Gasteiger partial charge on any atom is -0.492 e. The van der Waals surface area contributed by atoms with Crippen molar-refractivity contribution in [3.63, 3.8) is 0 Å². The lowest BCUT2D eigenvalue weighted by Crippen LogP contribution is -2.27. The number of ether oxygens (including phenoxy) is 1. The highest BCUT2D eigenvalue weighted by Crippen LogP contribution is 2.11. The Morgan fingerprint density at radius 2 is 2.17 bits per heavy atom. The van der Waals surface area contributed by atoms with E-state index in [0.717, 1.165) is 25.5 Å². The molecule has 8 heteroatoms. The molecular formula is C16H23N3O5. The molecule has 0 spiro atoms. The largest absolute Gasteiger partial charge is 0.492 e. The fraction of sp³-hybridized carbons (Fsp3) is 0.562. The third-order valence-electron chi connectivity index (χ3n) is 3.46. The van der Waals surface area contributed by atoms with E-state index in [1.54, 1.807) is 6.92 Å². The molecule has 24 heavy (non-hydrogen) atoms. The molecule has 0 saturated carbocycles. The van der Waals surface area contributed by atoms with Gasteiger partial charge in [0.15, 0.2) is 0 Å². The van der Waals surface area contributed by atoms with E-state index >= 15 is 0 Å². The Kier molecular flexibility index (Phi) is 9.03. The fourth-order valence-corrected chi connectivity index (χ4v) is 2.11. The number of nitrogens with one attached hydrogen (secondary N) is 1. The van der Waals surface area contributed by atoms with E-state index in [1.807, 2.05) is 0 Å². The van der Waals surface area contributed by atoms with Gasteiger partial charge >= 0.3 is 0 Å². The molecule has 1 N–H and O–H groups in total. The Hall–Kier alpha value is -2.51. The molecule has 0 fully saturated rings. The second-order valence-corrected chi connectivity index (χ2v) is 5.41. The van der Waals surface area contributed by atoms with Crippen molar-refractivity contribution < 1.29 is 19.1 Å². The summed E-state index contributed by atoms with van der Waals surface area (Å²) in [5.74, 6) is 0.0111. The highest BCUT2D eigenvalue weighted by molar-refractivity contribution is 5.85. The van der Waals surface area contributed by atoms with Gasteiger partial charge in [0.05, 0.1) is 18.8 Å². The summed E-state index contributed by atoms with van der Waals surface area (Å²) in [6, 6.07) is 1.09. The molecule has 0 aliphatic rings. The summed E-state index contributed by atoms with van der Waals surface area (Å²) in [6.45, 7) is 2.24. The first-order valence-corrected chi connectivity index (χ1v) is 7.96. The average molecular weight is 337 g/mol. The monoisotopic (exact) mass is 337 g/mol. The van der Waals surface area contributed by atoms with Crippen molar-refractivity contribution in [1.29, 1.82) is 0 Å². The van der Waals surface area contributed by atoms with Gasteiger partial charge < -0.3 is 9.53 Å². The number of carbonyl (C=O) groups excluding carboxylic acids is 3. The molecule has 0 saturated heterocycles. The Balaban J connectivity index is 2.45. The number of hydrogen-bond acceptors (Lipinski definition) is 6. The lowest BCUT2D eigenvalue weighted by Gasteiger charge is -2.13. The van der Waals surface area contributed by atoms with Gasteiger partial charge in [-0.3, -0.25) is 19.7 Å². The summed E-state index contributed by atoms with van der Waals surface area (Å²) in [6.07, 6.45) is 6.31. The van der Waals surface area contributed by atoms with Gasteiger partial charge in [-0.25, -0.2) is 4.68 Å². The number of imide groups is 1. The highest BCUT2D eigenvalue weighted by Gasteiger charge is 2.11. The number of carbonyl (C=O) groups is 3. The fourth-order valence-electron chi connectivity index (χ4n) is 2.11. The molecule has 0 aromatic carbocycles. The molecule has 2 amide bonds. The first-order chi connectivity index (χ1) is 11.6. The van der Waals surface area contributed by atoms with Gasteiger partial charge in [0.25, 0.3) is 5.56 Å². The normalized spacial score (nSPS) is 11.5. The number of hydrogen-bond donors (Lipinski definition) is 1. The zero-order valence-corrected chi connectivity index (χ0v) is 13.8. The molecule has 0 aliphatic carbocycles. The third kappa shape index (κ3) is 7.17. The second kappa shape index (κ2) is 11.1. The molecule has 1 aromatic rings. The van der Waals surface area contributed by atoms with Crippen molar-refractivity contribution in [2.45, 2.75) is 51.5 Å². The summed E-state index contributed by atoms with van der Waals surface area (Å²) >= 11 is 0.